The molecule has 1 heterocycles. The van der Waals surface area contributed by atoms with Crippen LogP contribution >= 0.6 is 0 Å². The number of sulfonamides is 1. The van der Waals surface area contributed by atoms with Crippen molar-refractivity contribution < 1.29 is 12.8 Å². The molecule has 0 saturated heterocycles. The van der Waals surface area contributed by atoms with Gasteiger partial charge in [0.1, 0.15) is 5.67 Å². The van der Waals surface area contributed by atoms with Gasteiger partial charge in [-0.3, -0.25) is 0 Å². The summed E-state index contributed by atoms with van der Waals surface area (Å²) in [5.74, 6) is 0. The third-order valence-electron chi connectivity index (χ3n) is 3.87. The lowest BCUT2D eigenvalue weighted by Gasteiger charge is -2.14. The largest absolute Gasteiger partial charge is 0.244 e. The Morgan fingerprint density at radius 1 is 1.27 bits per heavy atom. The molecule has 1 aromatic carbocycles. The number of primary sulfonamides is 1. The van der Waals surface area contributed by atoms with E-state index in [-0.39, 0.29) is 11.3 Å². The van der Waals surface area contributed by atoms with Crippen LogP contribution in [0.5, 0.6) is 0 Å². The number of fused-ring (bicyclic) bond motifs is 3. The highest BCUT2D eigenvalue weighted by Crippen LogP contribution is 2.33. The third kappa shape index (κ3) is 2.83. The maximum absolute atomic E-state index is 13.8. The van der Waals surface area contributed by atoms with Gasteiger partial charge >= 0.3 is 0 Å². The van der Waals surface area contributed by atoms with E-state index < -0.39 is 15.7 Å². The Morgan fingerprint density at radius 2 is 2.00 bits per heavy atom. The second-order valence-electron chi connectivity index (χ2n) is 6.40. The number of hydrogen-bond donors (Lipinski definition) is 1. The number of nitrogens with zero attached hydrogens (tertiary/aromatic N) is 2. The maximum Gasteiger partial charge on any atom is 0.238 e. The fourth-order valence-corrected chi connectivity index (χ4v) is 3.80. The standard InChI is InChI=1S/C15H18FN3O2S/c1-15(2,16)8-10-7-12-13(22(17,20)21)6-9-4-3-5-11(9)14(12)19-18-10/h6-7H,3-5,8H2,1-2H3,(H2,17,20,21). The summed E-state index contributed by atoms with van der Waals surface area (Å²) in [4.78, 5) is 0.0518. The number of hydrogen-bond acceptors (Lipinski definition) is 4. The number of aryl methyl sites for hydroxylation is 2. The monoisotopic (exact) mass is 323 g/mol. The molecule has 1 aliphatic rings. The first-order valence-corrected chi connectivity index (χ1v) is 8.72. The van der Waals surface area contributed by atoms with Crippen LogP contribution in [0.15, 0.2) is 17.0 Å². The molecule has 1 aliphatic carbocycles. The van der Waals surface area contributed by atoms with Crippen molar-refractivity contribution in [1.29, 1.82) is 0 Å². The molecule has 0 fully saturated rings. The second kappa shape index (κ2) is 4.96. The Kier molecular flexibility index (Phi) is 3.45. The Morgan fingerprint density at radius 3 is 2.64 bits per heavy atom. The lowest BCUT2D eigenvalue weighted by atomic mass is 10.0. The summed E-state index contributed by atoms with van der Waals surface area (Å²) in [7, 11) is -3.87. The number of aromatic nitrogens is 2. The van der Waals surface area contributed by atoms with Crippen molar-refractivity contribution in [1.82, 2.24) is 10.2 Å². The van der Waals surface area contributed by atoms with Crippen molar-refractivity contribution in [2.45, 2.75) is 50.1 Å². The average molecular weight is 323 g/mol. The van der Waals surface area contributed by atoms with E-state index in [0.29, 0.717) is 16.6 Å². The van der Waals surface area contributed by atoms with Crippen molar-refractivity contribution in [2.75, 3.05) is 0 Å². The fraction of sp³-hybridized carbons (Fsp3) is 0.467. The molecule has 0 atom stereocenters. The maximum atomic E-state index is 13.8. The molecule has 0 aliphatic heterocycles. The van der Waals surface area contributed by atoms with E-state index in [1.165, 1.54) is 13.8 Å². The molecule has 118 valence electrons. The zero-order valence-corrected chi connectivity index (χ0v) is 13.4. The van der Waals surface area contributed by atoms with Crippen molar-refractivity contribution in [3.05, 3.63) is 29.0 Å². The molecular weight excluding hydrogens is 305 g/mol. The Bertz CT molecular complexity index is 857. The van der Waals surface area contributed by atoms with Gasteiger partial charge in [-0.05, 0) is 56.4 Å². The molecule has 5 nitrogen and oxygen atoms in total. The summed E-state index contributed by atoms with van der Waals surface area (Å²) in [5, 5.41) is 14.0. The van der Waals surface area contributed by atoms with Crippen LogP contribution in [0.3, 0.4) is 0 Å². The molecule has 3 rings (SSSR count). The molecule has 1 aromatic heterocycles. The van der Waals surface area contributed by atoms with Crippen LogP contribution in [-0.4, -0.2) is 24.3 Å². The topological polar surface area (TPSA) is 85.9 Å². The van der Waals surface area contributed by atoms with E-state index in [2.05, 4.69) is 10.2 Å². The van der Waals surface area contributed by atoms with Gasteiger partial charge in [-0.25, -0.2) is 17.9 Å². The third-order valence-corrected chi connectivity index (χ3v) is 4.82. The highest BCUT2D eigenvalue weighted by Gasteiger charge is 2.24. The molecule has 22 heavy (non-hydrogen) atoms. The quantitative estimate of drug-likeness (QED) is 0.936. The molecule has 0 amide bonds. The van der Waals surface area contributed by atoms with Crippen molar-refractivity contribution in [2.24, 2.45) is 5.14 Å². The smallest absolute Gasteiger partial charge is 0.238 e. The van der Waals surface area contributed by atoms with Gasteiger partial charge in [-0.1, -0.05) is 0 Å². The van der Waals surface area contributed by atoms with E-state index in [4.69, 9.17) is 5.14 Å². The lowest BCUT2D eigenvalue weighted by Crippen LogP contribution is -2.18. The minimum Gasteiger partial charge on any atom is -0.244 e. The van der Waals surface area contributed by atoms with E-state index in [9.17, 15) is 12.8 Å². The van der Waals surface area contributed by atoms with E-state index in [1.807, 2.05) is 0 Å². The van der Waals surface area contributed by atoms with Crippen LogP contribution in [0.25, 0.3) is 10.9 Å². The molecule has 0 spiro atoms. The van der Waals surface area contributed by atoms with Crippen LogP contribution in [0, 0.1) is 0 Å². The zero-order valence-electron chi connectivity index (χ0n) is 12.6. The van der Waals surface area contributed by atoms with E-state index in [1.54, 1.807) is 12.1 Å². The second-order valence-corrected chi connectivity index (χ2v) is 7.93. The van der Waals surface area contributed by atoms with Gasteiger partial charge in [0.15, 0.2) is 0 Å². The number of alkyl halides is 1. The predicted molar refractivity (Wildman–Crippen MR) is 81.8 cm³/mol. The highest BCUT2D eigenvalue weighted by atomic mass is 32.2. The summed E-state index contributed by atoms with van der Waals surface area (Å²) in [6.45, 7) is 2.89. The van der Waals surface area contributed by atoms with Gasteiger partial charge < -0.3 is 0 Å². The predicted octanol–water partition coefficient (Wildman–Crippen LogP) is 2.06. The number of benzene rings is 1. The molecule has 2 N–H and O–H groups in total. The minimum absolute atomic E-state index is 0.0518. The van der Waals surface area contributed by atoms with Crippen molar-refractivity contribution >= 4 is 20.9 Å². The summed E-state index contributed by atoms with van der Waals surface area (Å²) in [5.41, 5.74) is 1.54. The molecule has 2 aromatic rings. The Hall–Kier alpha value is -1.60. The summed E-state index contributed by atoms with van der Waals surface area (Å²) < 4.78 is 37.6. The molecule has 0 saturated carbocycles. The number of rotatable bonds is 3. The van der Waals surface area contributed by atoms with E-state index in [0.717, 1.165) is 30.4 Å². The average Bonchev–Trinajstić information content (AvgIpc) is 2.82. The van der Waals surface area contributed by atoms with Crippen molar-refractivity contribution in [3.63, 3.8) is 0 Å². The van der Waals surface area contributed by atoms with Gasteiger partial charge in [0.2, 0.25) is 10.0 Å². The van der Waals surface area contributed by atoms with Gasteiger partial charge in [0.05, 0.1) is 16.1 Å². The van der Waals surface area contributed by atoms with Crippen molar-refractivity contribution in [3.8, 4) is 0 Å². The molecule has 7 heteroatoms. The van der Waals surface area contributed by atoms with Crippen LogP contribution in [-0.2, 0) is 29.3 Å². The van der Waals surface area contributed by atoms with Gasteiger partial charge in [0, 0.05) is 11.8 Å². The summed E-state index contributed by atoms with van der Waals surface area (Å²) in [6.07, 6.45) is 2.69. The summed E-state index contributed by atoms with van der Waals surface area (Å²) >= 11 is 0. The first-order valence-electron chi connectivity index (χ1n) is 7.18. The highest BCUT2D eigenvalue weighted by molar-refractivity contribution is 7.89. The van der Waals surface area contributed by atoms with Crippen LogP contribution in [0.1, 0.15) is 37.1 Å². The first-order chi connectivity index (χ1) is 10.1. The van der Waals surface area contributed by atoms with Gasteiger partial charge in [0.25, 0.3) is 0 Å². The number of nitrogens with two attached hydrogens (primary N) is 1. The molecule has 0 unspecified atom stereocenters. The SMILES string of the molecule is CC(C)(F)Cc1cc2c(S(N)(=O)=O)cc3c(c2nn1)CCC3. The van der Waals surface area contributed by atoms with Gasteiger partial charge in [-0.2, -0.15) is 5.10 Å². The van der Waals surface area contributed by atoms with Crippen LogP contribution < -0.4 is 5.14 Å². The minimum atomic E-state index is -3.87. The molecular formula is C15H18FN3O2S. The lowest BCUT2D eigenvalue weighted by molar-refractivity contribution is 0.215. The van der Waals surface area contributed by atoms with Crippen LogP contribution in [0.4, 0.5) is 4.39 Å². The van der Waals surface area contributed by atoms with E-state index >= 15 is 0 Å². The fourth-order valence-electron chi connectivity index (χ4n) is 3.03. The Balaban J connectivity index is 2.28. The number of halogens is 1. The summed E-state index contributed by atoms with van der Waals surface area (Å²) in [6, 6.07) is 3.23. The molecule has 0 radical (unpaired) electrons. The zero-order chi connectivity index (χ0) is 16.1. The van der Waals surface area contributed by atoms with Gasteiger partial charge in [-0.15, -0.1) is 5.10 Å². The first kappa shape index (κ1) is 15.3. The molecule has 0 bridgehead atoms. The normalized spacial score (nSPS) is 15.3. The Labute approximate surface area is 128 Å². The van der Waals surface area contributed by atoms with Crippen LogP contribution in [0.2, 0.25) is 0 Å².